The molecule has 0 fully saturated rings. The molecule has 0 radical (unpaired) electrons. The van der Waals surface area contributed by atoms with Crippen molar-refractivity contribution in [3.05, 3.63) is 48.0 Å². The molecule has 3 rings (SSSR count). The molecule has 0 aliphatic heterocycles. The van der Waals surface area contributed by atoms with Gasteiger partial charge in [-0.15, -0.1) is 0 Å². The van der Waals surface area contributed by atoms with Crippen LogP contribution in [0.2, 0.25) is 0 Å². The molecule has 1 aromatic heterocycles. The molecule has 0 spiro atoms. The van der Waals surface area contributed by atoms with E-state index in [1.54, 1.807) is 11.3 Å². The Bertz CT molecular complexity index is 719. The minimum atomic E-state index is 0.685. The molecule has 20 heavy (non-hydrogen) atoms. The van der Waals surface area contributed by atoms with Gasteiger partial charge in [-0.1, -0.05) is 17.4 Å². The second-order valence-electron chi connectivity index (χ2n) is 4.57. The third kappa shape index (κ3) is 2.75. The first-order chi connectivity index (χ1) is 9.74. The number of nitrogens with zero attached hydrogens (tertiary/aromatic N) is 1. The highest BCUT2D eigenvalue weighted by molar-refractivity contribution is 7.22. The molecule has 102 valence electrons. The Morgan fingerprint density at radius 1 is 1.15 bits per heavy atom. The smallest absolute Gasteiger partial charge is 0.188 e. The third-order valence-corrected chi connectivity index (χ3v) is 3.89. The van der Waals surface area contributed by atoms with E-state index < -0.39 is 0 Å². The van der Waals surface area contributed by atoms with Crippen LogP contribution in [0.1, 0.15) is 12.5 Å². The number of anilines is 2. The predicted molar refractivity (Wildman–Crippen MR) is 85.3 cm³/mol. The maximum Gasteiger partial charge on any atom is 0.188 e. The number of rotatable bonds is 4. The monoisotopic (exact) mass is 284 g/mol. The molecule has 0 saturated heterocycles. The number of benzene rings is 2. The molecule has 1 N–H and O–H groups in total. The van der Waals surface area contributed by atoms with Gasteiger partial charge in [0.1, 0.15) is 5.75 Å². The van der Waals surface area contributed by atoms with E-state index in [0.29, 0.717) is 6.61 Å². The summed E-state index contributed by atoms with van der Waals surface area (Å²) in [5.74, 6) is 0.887. The van der Waals surface area contributed by atoms with Crippen LogP contribution in [0, 0.1) is 6.92 Å². The molecule has 1 heterocycles. The largest absolute Gasteiger partial charge is 0.494 e. The van der Waals surface area contributed by atoms with E-state index in [0.717, 1.165) is 22.1 Å². The standard InChI is InChI=1S/C16H16N2OS/c1-3-19-13-7-5-12(6-8-13)17-16-18-14-9-4-11(2)10-15(14)20-16/h4-10H,3H2,1-2H3,(H,17,18). The number of aromatic nitrogens is 1. The van der Waals surface area contributed by atoms with Gasteiger partial charge in [-0.25, -0.2) is 4.98 Å². The molecule has 2 aromatic carbocycles. The molecule has 0 saturated carbocycles. The highest BCUT2D eigenvalue weighted by atomic mass is 32.1. The lowest BCUT2D eigenvalue weighted by Crippen LogP contribution is -1.92. The van der Waals surface area contributed by atoms with Crippen molar-refractivity contribution in [3.63, 3.8) is 0 Å². The maximum atomic E-state index is 5.43. The summed E-state index contributed by atoms with van der Waals surface area (Å²) in [6.07, 6.45) is 0. The van der Waals surface area contributed by atoms with Gasteiger partial charge in [0.2, 0.25) is 0 Å². The summed E-state index contributed by atoms with van der Waals surface area (Å²) in [5.41, 5.74) is 3.31. The van der Waals surface area contributed by atoms with Crippen LogP contribution in [-0.4, -0.2) is 11.6 Å². The van der Waals surface area contributed by atoms with E-state index in [-0.39, 0.29) is 0 Å². The number of thiazole rings is 1. The summed E-state index contributed by atoms with van der Waals surface area (Å²) in [4.78, 5) is 4.58. The lowest BCUT2D eigenvalue weighted by molar-refractivity contribution is 0.340. The fraction of sp³-hybridized carbons (Fsp3) is 0.188. The highest BCUT2D eigenvalue weighted by Crippen LogP contribution is 2.29. The minimum absolute atomic E-state index is 0.685. The number of nitrogens with one attached hydrogen (secondary N) is 1. The molecule has 4 heteroatoms. The van der Waals surface area contributed by atoms with Crippen LogP contribution in [-0.2, 0) is 0 Å². The zero-order chi connectivity index (χ0) is 13.9. The molecule has 0 amide bonds. The summed E-state index contributed by atoms with van der Waals surface area (Å²) in [6, 6.07) is 14.2. The molecule has 0 aliphatic carbocycles. The summed E-state index contributed by atoms with van der Waals surface area (Å²) in [5, 5.41) is 4.25. The number of ether oxygens (including phenoxy) is 1. The van der Waals surface area contributed by atoms with Gasteiger partial charge >= 0.3 is 0 Å². The Kier molecular flexibility index (Phi) is 3.56. The van der Waals surface area contributed by atoms with E-state index in [4.69, 9.17) is 4.74 Å². The SMILES string of the molecule is CCOc1ccc(Nc2nc3ccc(C)cc3s2)cc1. The van der Waals surface area contributed by atoms with Crippen molar-refractivity contribution in [2.45, 2.75) is 13.8 Å². The topological polar surface area (TPSA) is 34.1 Å². The lowest BCUT2D eigenvalue weighted by atomic mass is 10.2. The van der Waals surface area contributed by atoms with Crippen LogP contribution >= 0.6 is 11.3 Å². The van der Waals surface area contributed by atoms with Gasteiger partial charge in [-0.05, 0) is 55.8 Å². The molecule has 0 aliphatic rings. The first-order valence-corrected chi connectivity index (χ1v) is 7.43. The van der Waals surface area contributed by atoms with Gasteiger partial charge in [0, 0.05) is 5.69 Å². The predicted octanol–water partition coefficient (Wildman–Crippen LogP) is 4.75. The lowest BCUT2D eigenvalue weighted by Gasteiger charge is -2.05. The van der Waals surface area contributed by atoms with E-state index in [2.05, 4.69) is 35.4 Å². The zero-order valence-electron chi connectivity index (χ0n) is 11.5. The fourth-order valence-corrected chi connectivity index (χ4v) is 2.99. The highest BCUT2D eigenvalue weighted by Gasteiger charge is 2.04. The van der Waals surface area contributed by atoms with Crippen molar-refractivity contribution in [3.8, 4) is 5.75 Å². The van der Waals surface area contributed by atoms with E-state index >= 15 is 0 Å². The number of hydrogen-bond acceptors (Lipinski definition) is 4. The Morgan fingerprint density at radius 2 is 1.95 bits per heavy atom. The van der Waals surface area contributed by atoms with Gasteiger partial charge in [0.15, 0.2) is 5.13 Å². The third-order valence-electron chi connectivity index (χ3n) is 2.96. The first kappa shape index (κ1) is 12.9. The number of aryl methyl sites for hydroxylation is 1. The van der Waals surface area contributed by atoms with E-state index in [1.807, 2.05) is 31.2 Å². The van der Waals surface area contributed by atoms with Crippen LogP contribution < -0.4 is 10.1 Å². The van der Waals surface area contributed by atoms with Crippen molar-refractivity contribution < 1.29 is 4.74 Å². The second-order valence-corrected chi connectivity index (χ2v) is 5.60. The number of fused-ring (bicyclic) bond motifs is 1. The molecule has 3 aromatic rings. The van der Waals surface area contributed by atoms with Gasteiger partial charge in [-0.2, -0.15) is 0 Å². The van der Waals surface area contributed by atoms with Crippen molar-refractivity contribution in [1.82, 2.24) is 4.98 Å². The van der Waals surface area contributed by atoms with Crippen LogP contribution in [0.4, 0.5) is 10.8 Å². The summed E-state index contributed by atoms with van der Waals surface area (Å²) < 4.78 is 6.64. The molecule has 0 bridgehead atoms. The van der Waals surface area contributed by atoms with Gasteiger partial charge in [-0.3, -0.25) is 0 Å². The van der Waals surface area contributed by atoms with E-state index in [1.165, 1.54) is 10.3 Å². The van der Waals surface area contributed by atoms with Crippen LogP contribution in [0.5, 0.6) is 5.75 Å². The van der Waals surface area contributed by atoms with Crippen LogP contribution in [0.25, 0.3) is 10.2 Å². The molecular weight excluding hydrogens is 268 g/mol. The molecule has 0 atom stereocenters. The normalized spacial score (nSPS) is 10.7. The summed E-state index contributed by atoms with van der Waals surface area (Å²) in [6.45, 7) is 4.76. The van der Waals surface area contributed by atoms with Crippen molar-refractivity contribution in [1.29, 1.82) is 0 Å². The quantitative estimate of drug-likeness (QED) is 0.751. The summed E-state index contributed by atoms with van der Waals surface area (Å²) >= 11 is 1.67. The summed E-state index contributed by atoms with van der Waals surface area (Å²) in [7, 11) is 0. The molecular formula is C16H16N2OS. The van der Waals surface area contributed by atoms with Crippen molar-refractivity contribution in [2.75, 3.05) is 11.9 Å². The molecule has 0 unspecified atom stereocenters. The van der Waals surface area contributed by atoms with Crippen molar-refractivity contribution >= 4 is 32.4 Å². The van der Waals surface area contributed by atoms with Gasteiger partial charge in [0.05, 0.1) is 16.8 Å². The fourth-order valence-electron chi connectivity index (χ4n) is 2.01. The first-order valence-electron chi connectivity index (χ1n) is 6.61. The Morgan fingerprint density at radius 3 is 2.70 bits per heavy atom. The zero-order valence-corrected chi connectivity index (χ0v) is 12.3. The minimum Gasteiger partial charge on any atom is -0.494 e. The Balaban J connectivity index is 1.81. The molecule has 3 nitrogen and oxygen atoms in total. The van der Waals surface area contributed by atoms with Gasteiger partial charge in [0.25, 0.3) is 0 Å². The number of hydrogen-bond donors (Lipinski definition) is 1. The van der Waals surface area contributed by atoms with Crippen LogP contribution in [0.3, 0.4) is 0 Å². The van der Waals surface area contributed by atoms with Crippen molar-refractivity contribution in [2.24, 2.45) is 0 Å². The maximum absolute atomic E-state index is 5.43. The van der Waals surface area contributed by atoms with Gasteiger partial charge < -0.3 is 10.1 Å². The average Bonchev–Trinajstić information content (AvgIpc) is 2.82. The van der Waals surface area contributed by atoms with E-state index in [9.17, 15) is 0 Å². The average molecular weight is 284 g/mol. The Hall–Kier alpha value is -2.07. The Labute approximate surface area is 122 Å². The second kappa shape index (κ2) is 5.51. The van der Waals surface area contributed by atoms with Crippen LogP contribution in [0.15, 0.2) is 42.5 Å².